The number of anilines is 1. The predicted molar refractivity (Wildman–Crippen MR) is 79.4 cm³/mol. The second-order valence-corrected chi connectivity index (χ2v) is 5.79. The largest absolute Gasteiger partial charge is 0.327 e. The van der Waals surface area contributed by atoms with Crippen molar-refractivity contribution < 1.29 is 4.79 Å². The molecule has 1 fully saturated rings. The highest BCUT2D eigenvalue weighted by Gasteiger charge is 2.27. The van der Waals surface area contributed by atoms with Crippen molar-refractivity contribution in [1.29, 1.82) is 0 Å². The van der Waals surface area contributed by atoms with Crippen LogP contribution < -0.4 is 11.1 Å². The molecule has 1 aromatic carbocycles. The molecule has 0 saturated heterocycles. The fourth-order valence-corrected chi connectivity index (χ4v) is 2.88. The molecule has 0 spiro atoms. The van der Waals surface area contributed by atoms with Gasteiger partial charge in [0.05, 0.1) is 5.92 Å². The molecule has 4 heteroatoms. The van der Waals surface area contributed by atoms with Crippen LogP contribution in [0.15, 0.2) is 18.2 Å². The lowest BCUT2D eigenvalue weighted by Crippen LogP contribution is -2.37. The van der Waals surface area contributed by atoms with E-state index in [0.29, 0.717) is 5.02 Å². The molecule has 0 heterocycles. The summed E-state index contributed by atoms with van der Waals surface area (Å²) in [6.45, 7) is 1.94. The van der Waals surface area contributed by atoms with Crippen LogP contribution in [0.5, 0.6) is 0 Å². The van der Waals surface area contributed by atoms with Gasteiger partial charge in [-0.1, -0.05) is 30.9 Å². The molecular weight excluding hydrogens is 260 g/mol. The zero-order valence-electron chi connectivity index (χ0n) is 11.3. The summed E-state index contributed by atoms with van der Waals surface area (Å²) >= 11 is 5.91. The molecule has 1 saturated carbocycles. The van der Waals surface area contributed by atoms with Crippen LogP contribution >= 0.6 is 11.6 Å². The second kappa shape index (κ2) is 6.40. The fourth-order valence-electron chi connectivity index (χ4n) is 2.65. The average Bonchev–Trinajstić information content (AvgIpc) is 2.57. The van der Waals surface area contributed by atoms with Gasteiger partial charge in [0.1, 0.15) is 0 Å². The van der Waals surface area contributed by atoms with Crippen LogP contribution in [0.3, 0.4) is 0 Å². The number of hydrogen-bond acceptors (Lipinski definition) is 2. The average molecular weight is 281 g/mol. The summed E-state index contributed by atoms with van der Waals surface area (Å²) < 4.78 is 0. The van der Waals surface area contributed by atoms with Gasteiger partial charge in [0, 0.05) is 16.8 Å². The molecule has 2 atom stereocenters. The fraction of sp³-hybridized carbons (Fsp3) is 0.533. The van der Waals surface area contributed by atoms with E-state index in [4.69, 9.17) is 17.3 Å². The molecule has 19 heavy (non-hydrogen) atoms. The van der Waals surface area contributed by atoms with Crippen LogP contribution in [-0.2, 0) is 4.79 Å². The molecule has 0 aliphatic heterocycles. The van der Waals surface area contributed by atoms with Gasteiger partial charge in [-0.05, 0) is 43.5 Å². The summed E-state index contributed by atoms with van der Waals surface area (Å²) in [5.41, 5.74) is 7.91. The molecule has 0 bridgehead atoms. The van der Waals surface area contributed by atoms with Gasteiger partial charge in [0.25, 0.3) is 0 Å². The van der Waals surface area contributed by atoms with Crippen LogP contribution in [-0.4, -0.2) is 11.9 Å². The van der Waals surface area contributed by atoms with Gasteiger partial charge in [-0.3, -0.25) is 4.79 Å². The summed E-state index contributed by atoms with van der Waals surface area (Å²) in [6, 6.07) is 5.47. The normalized spacial score (nSPS) is 23.7. The predicted octanol–water partition coefficient (Wildman–Crippen LogP) is 3.49. The van der Waals surface area contributed by atoms with Crippen molar-refractivity contribution in [1.82, 2.24) is 0 Å². The summed E-state index contributed by atoms with van der Waals surface area (Å²) in [6.07, 6.45) is 5.23. The third kappa shape index (κ3) is 3.71. The molecule has 1 amide bonds. The Bertz CT molecular complexity index is 461. The van der Waals surface area contributed by atoms with Crippen molar-refractivity contribution in [2.75, 3.05) is 5.32 Å². The van der Waals surface area contributed by atoms with E-state index in [-0.39, 0.29) is 17.9 Å². The number of halogens is 1. The van der Waals surface area contributed by atoms with E-state index in [1.165, 1.54) is 6.42 Å². The monoisotopic (exact) mass is 280 g/mol. The Labute approximate surface area is 119 Å². The van der Waals surface area contributed by atoms with E-state index >= 15 is 0 Å². The highest BCUT2D eigenvalue weighted by molar-refractivity contribution is 6.30. The molecule has 3 nitrogen and oxygen atoms in total. The third-order valence-electron chi connectivity index (χ3n) is 3.85. The van der Waals surface area contributed by atoms with E-state index in [2.05, 4.69) is 5.32 Å². The number of rotatable bonds is 2. The molecule has 2 rings (SSSR count). The number of carbonyl (C=O) groups is 1. The molecule has 1 aromatic rings. The number of carbonyl (C=O) groups excluding carboxylic acids is 1. The van der Waals surface area contributed by atoms with Gasteiger partial charge >= 0.3 is 0 Å². The van der Waals surface area contributed by atoms with E-state index < -0.39 is 0 Å². The zero-order chi connectivity index (χ0) is 13.8. The Morgan fingerprint density at radius 1 is 1.32 bits per heavy atom. The minimum absolute atomic E-state index is 0.0184. The molecule has 104 valence electrons. The lowest BCUT2D eigenvalue weighted by Gasteiger charge is -2.21. The zero-order valence-corrected chi connectivity index (χ0v) is 12.0. The Morgan fingerprint density at radius 3 is 2.79 bits per heavy atom. The molecule has 1 aliphatic carbocycles. The lowest BCUT2D eigenvalue weighted by molar-refractivity contribution is -0.120. The molecule has 0 aromatic heterocycles. The maximum atomic E-state index is 12.3. The lowest BCUT2D eigenvalue weighted by atomic mass is 9.94. The van der Waals surface area contributed by atoms with Gasteiger partial charge < -0.3 is 11.1 Å². The van der Waals surface area contributed by atoms with Crippen LogP contribution in [0.4, 0.5) is 5.69 Å². The highest BCUT2D eigenvalue weighted by atomic mass is 35.5. The summed E-state index contributed by atoms with van der Waals surface area (Å²) in [4.78, 5) is 12.3. The minimum atomic E-state index is -0.0717. The van der Waals surface area contributed by atoms with E-state index in [9.17, 15) is 4.79 Å². The van der Waals surface area contributed by atoms with E-state index in [1.54, 1.807) is 6.07 Å². The Balaban J connectivity index is 2.07. The number of nitrogens with one attached hydrogen (secondary N) is 1. The third-order valence-corrected chi connectivity index (χ3v) is 4.09. The molecule has 3 N–H and O–H groups in total. The number of amides is 1. The summed E-state index contributed by atoms with van der Waals surface area (Å²) in [5.74, 6) is -0.0302. The molecule has 1 aliphatic rings. The van der Waals surface area contributed by atoms with E-state index in [1.807, 2.05) is 19.1 Å². The SMILES string of the molecule is Cc1cc(Cl)ccc1NC(=O)C1CCCCCC1N. The van der Waals surface area contributed by atoms with Crippen molar-refractivity contribution in [2.45, 2.75) is 45.1 Å². The van der Waals surface area contributed by atoms with E-state index in [0.717, 1.165) is 36.9 Å². The highest BCUT2D eigenvalue weighted by Crippen LogP contribution is 2.25. The second-order valence-electron chi connectivity index (χ2n) is 5.36. The van der Waals surface area contributed by atoms with Gasteiger partial charge in [0.15, 0.2) is 0 Å². The first-order chi connectivity index (χ1) is 9.08. The standard InChI is InChI=1S/C15H21ClN2O/c1-10-9-11(16)7-8-14(10)18-15(19)12-5-3-2-4-6-13(12)17/h7-9,12-13H,2-6,17H2,1H3,(H,18,19). The first kappa shape index (κ1) is 14.4. The minimum Gasteiger partial charge on any atom is -0.327 e. The number of nitrogens with two attached hydrogens (primary N) is 1. The van der Waals surface area contributed by atoms with Crippen LogP contribution in [0.2, 0.25) is 5.02 Å². The smallest absolute Gasteiger partial charge is 0.229 e. The van der Waals surface area contributed by atoms with Gasteiger partial charge in [-0.15, -0.1) is 0 Å². The number of hydrogen-bond donors (Lipinski definition) is 2. The van der Waals surface area contributed by atoms with Gasteiger partial charge in [-0.2, -0.15) is 0 Å². The van der Waals surface area contributed by atoms with Crippen molar-refractivity contribution >= 4 is 23.2 Å². The summed E-state index contributed by atoms with van der Waals surface area (Å²) in [5, 5.41) is 3.67. The first-order valence-corrected chi connectivity index (χ1v) is 7.28. The van der Waals surface area contributed by atoms with Crippen molar-refractivity contribution in [3.05, 3.63) is 28.8 Å². The van der Waals surface area contributed by atoms with Crippen molar-refractivity contribution in [3.63, 3.8) is 0 Å². The molecule has 2 unspecified atom stereocenters. The summed E-state index contributed by atoms with van der Waals surface area (Å²) in [7, 11) is 0. The van der Waals surface area contributed by atoms with Crippen LogP contribution in [0.1, 0.15) is 37.7 Å². The topological polar surface area (TPSA) is 55.1 Å². The first-order valence-electron chi connectivity index (χ1n) is 6.90. The Morgan fingerprint density at radius 2 is 2.05 bits per heavy atom. The maximum Gasteiger partial charge on any atom is 0.229 e. The van der Waals surface area contributed by atoms with Gasteiger partial charge in [0.2, 0.25) is 5.91 Å². The number of benzene rings is 1. The maximum absolute atomic E-state index is 12.3. The molecular formula is C15H21ClN2O. The number of aryl methyl sites for hydroxylation is 1. The van der Waals surface area contributed by atoms with Gasteiger partial charge in [-0.25, -0.2) is 0 Å². The quantitative estimate of drug-likeness (QED) is 0.815. The Hall–Kier alpha value is -1.06. The molecule has 0 radical (unpaired) electrons. The van der Waals surface area contributed by atoms with Crippen LogP contribution in [0.25, 0.3) is 0 Å². The van der Waals surface area contributed by atoms with Crippen molar-refractivity contribution in [3.8, 4) is 0 Å². The van der Waals surface area contributed by atoms with Crippen molar-refractivity contribution in [2.24, 2.45) is 11.7 Å². The van der Waals surface area contributed by atoms with Crippen LogP contribution in [0, 0.1) is 12.8 Å². The Kier molecular flexibility index (Phi) is 4.83.